The summed E-state index contributed by atoms with van der Waals surface area (Å²) in [6.45, 7) is 3.79. The summed E-state index contributed by atoms with van der Waals surface area (Å²) in [5.74, 6) is 0.639. The lowest BCUT2D eigenvalue weighted by Gasteiger charge is -2.26. The molecular weight excluding hydrogens is 240 g/mol. The van der Waals surface area contributed by atoms with Gasteiger partial charge in [0.1, 0.15) is 0 Å². The Morgan fingerprint density at radius 3 is 2.95 bits per heavy atom. The fourth-order valence-electron chi connectivity index (χ4n) is 2.89. The zero-order valence-corrected chi connectivity index (χ0v) is 11.0. The second-order valence-corrected chi connectivity index (χ2v) is 5.39. The SMILES string of the molecule is O=C1NC(c2cccnc2)CN1CC1CCNCC1. The molecule has 2 aliphatic rings. The maximum Gasteiger partial charge on any atom is 0.318 e. The zero-order chi connectivity index (χ0) is 13.1. The molecule has 2 N–H and O–H groups in total. The van der Waals surface area contributed by atoms with Crippen LogP contribution in [0.5, 0.6) is 0 Å². The zero-order valence-electron chi connectivity index (χ0n) is 11.0. The largest absolute Gasteiger partial charge is 0.329 e. The Bertz CT molecular complexity index is 430. The molecule has 0 aromatic carbocycles. The number of urea groups is 1. The van der Waals surface area contributed by atoms with Crippen molar-refractivity contribution in [3.8, 4) is 0 Å². The van der Waals surface area contributed by atoms with Crippen LogP contribution in [0.2, 0.25) is 0 Å². The van der Waals surface area contributed by atoms with E-state index in [2.05, 4.69) is 15.6 Å². The first-order valence-electron chi connectivity index (χ1n) is 6.99. The third-order valence-corrected chi connectivity index (χ3v) is 4.01. The van der Waals surface area contributed by atoms with Crippen LogP contribution in [0.15, 0.2) is 24.5 Å². The predicted octanol–water partition coefficient (Wildman–Crippen LogP) is 1.15. The Morgan fingerprint density at radius 2 is 2.21 bits per heavy atom. The molecule has 5 nitrogen and oxygen atoms in total. The fraction of sp³-hybridized carbons (Fsp3) is 0.571. The molecule has 2 amide bonds. The average molecular weight is 260 g/mol. The summed E-state index contributed by atoms with van der Waals surface area (Å²) in [6.07, 6.45) is 5.93. The van der Waals surface area contributed by atoms with E-state index in [0.717, 1.165) is 31.7 Å². The molecule has 0 bridgehead atoms. The van der Waals surface area contributed by atoms with Crippen molar-refractivity contribution in [1.29, 1.82) is 0 Å². The summed E-state index contributed by atoms with van der Waals surface area (Å²) >= 11 is 0. The lowest BCUT2D eigenvalue weighted by Crippen LogP contribution is -2.37. The molecule has 2 fully saturated rings. The van der Waals surface area contributed by atoms with Gasteiger partial charge < -0.3 is 15.5 Å². The third kappa shape index (κ3) is 2.87. The highest BCUT2D eigenvalue weighted by Gasteiger charge is 2.31. The molecule has 0 spiro atoms. The normalized spacial score (nSPS) is 24.5. The van der Waals surface area contributed by atoms with Gasteiger partial charge in [-0.05, 0) is 43.5 Å². The van der Waals surface area contributed by atoms with Gasteiger partial charge >= 0.3 is 6.03 Å². The van der Waals surface area contributed by atoms with E-state index in [0.29, 0.717) is 5.92 Å². The number of carbonyl (C=O) groups is 1. The quantitative estimate of drug-likeness (QED) is 0.857. The molecular formula is C14H20N4O. The molecule has 1 atom stereocenters. The van der Waals surface area contributed by atoms with Crippen LogP contribution >= 0.6 is 0 Å². The number of hydrogen-bond donors (Lipinski definition) is 2. The lowest BCUT2D eigenvalue weighted by atomic mass is 9.97. The average Bonchev–Trinajstić information content (AvgIpc) is 2.82. The van der Waals surface area contributed by atoms with E-state index in [4.69, 9.17) is 0 Å². The van der Waals surface area contributed by atoms with Crippen LogP contribution in [0.3, 0.4) is 0 Å². The number of piperidine rings is 1. The molecule has 3 heterocycles. The number of hydrogen-bond acceptors (Lipinski definition) is 3. The van der Waals surface area contributed by atoms with Crippen LogP contribution < -0.4 is 10.6 Å². The second kappa shape index (κ2) is 5.57. The van der Waals surface area contributed by atoms with E-state index >= 15 is 0 Å². The van der Waals surface area contributed by atoms with Crippen LogP contribution in [-0.4, -0.2) is 42.1 Å². The highest BCUT2D eigenvalue weighted by molar-refractivity contribution is 5.77. The number of rotatable bonds is 3. The van der Waals surface area contributed by atoms with Crippen molar-refractivity contribution >= 4 is 6.03 Å². The van der Waals surface area contributed by atoms with E-state index < -0.39 is 0 Å². The molecule has 1 aromatic rings. The van der Waals surface area contributed by atoms with Crippen molar-refractivity contribution in [2.24, 2.45) is 5.92 Å². The summed E-state index contributed by atoms with van der Waals surface area (Å²) in [7, 11) is 0. The Labute approximate surface area is 113 Å². The van der Waals surface area contributed by atoms with E-state index in [1.54, 1.807) is 6.20 Å². The first-order chi connectivity index (χ1) is 9.33. The van der Waals surface area contributed by atoms with E-state index in [1.165, 1.54) is 12.8 Å². The molecule has 1 unspecified atom stereocenters. The van der Waals surface area contributed by atoms with Crippen molar-refractivity contribution in [2.75, 3.05) is 26.2 Å². The minimum Gasteiger partial charge on any atom is -0.329 e. The second-order valence-electron chi connectivity index (χ2n) is 5.39. The first kappa shape index (κ1) is 12.4. The predicted molar refractivity (Wildman–Crippen MR) is 72.7 cm³/mol. The maximum absolute atomic E-state index is 12.0. The Balaban J connectivity index is 1.60. The first-order valence-corrected chi connectivity index (χ1v) is 6.99. The van der Waals surface area contributed by atoms with E-state index in [9.17, 15) is 4.79 Å². The number of carbonyl (C=O) groups excluding carboxylic acids is 1. The molecule has 102 valence electrons. The Hall–Kier alpha value is -1.62. The minimum atomic E-state index is 0.0624. The van der Waals surface area contributed by atoms with Crippen molar-refractivity contribution in [3.63, 3.8) is 0 Å². The smallest absolute Gasteiger partial charge is 0.318 e. The fourth-order valence-corrected chi connectivity index (χ4v) is 2.89. The molecule has 19 heavy (non-hydrogen) atoms. The van der Waals surface area contributed by atoms with Gasteiger partial charge in [-0.15, -0.1) is 0 Å². The Morgan fingerprint density at radius 1 is 1.37 bits per heavy atom. The minimum absolute atomic E-state index is 0.0624. The van der Waals surface area contributed by atoms with Crippen LogP contribution in [0.25, 0.3) is 0 Å². The molecule has 3 rings (SSSR count). The number of pyridine rings is 1. The number of amides is 2. The molecule has 5 heteroatoms. The van der Waals surface area contributed by atoms with Gasteiger partial charge in [-0.25, -0.2) is 4.79 Å². The Kier molecular flexibility index (Phi) is 3.64. The van der Waals surface area contributed by atoms with Crippen LogP contribution in [0.4, 0.5) is 4.79 Å². The number of nitrogens with zero attached hydrogens (tertiary/aromatic N) is 2. The van der Waals surface area contributed by atoms with Gasteiger partial charge in [0.15, 0.2) is 0 Å². The number of aromatic nitrogens is 1. The molecule has 2 aliphatic heterocycles. The standard InChI is InChI=1S/C14H20N4O/c19-14-17-13(12-2-1-5-16-8-12)10-18(14)9-11-3-6-15-7-4-11/h1-2,5,8,11,13,15H,3-4,6-7,9-10H2,(H,17,19). The summed E-state index contributed by atoms with van der Waals surface area (Å²) < 4.78 is 0. The van der Waals surface area contributed by atoms with Gasteiger partial charge in [-0.1, -0.05) is 6.07 Å². The summed E-state index contributed by atoms with van der Waals surface area (Å²) in [5, 5.41) is 6.40. The van der Waals surface area contributed by atoms with Gasteiger partial charge in [-0.3, -0.25) is 4.98 Å². The van der Waals surface area contributed by atoms with Crippen LogP contribution in [0.1, 0.15) is 24.4 Å². The molecule has 1 aromatic heterocycles. The lowest BCUT2D eigenvalue weighted by molar-refractivity contribution is 0.201. The molecule has 0 aliphatic carbocycles. The van der Waals surface area contributed by atoms with Gasteiger partial charge in [0, 0.05) is 25.5 Å². The summed E-state index contributed by atoms with van der Waals surface area (Å²) in [4.78, 5) is 18.1. The maximum atomic E-state index is 12.0. The van der Waals surface area contributed by atoms with Gasteiger partial charge in [-0.2, -0.15) is 0 Å². The summed E-state index contributed by atoms with van der Waals surface area (Å²) in [6, 6.07) is 4.08. The van der Waals surface area contributed by atoms with Crippen LogP contribution in [0, 0.1) is 5.92 Å². The van der Waals surface area contributed by atoms with Crippen molar-refractivity contribution < 1.29 is 4.79 Å². The van der Waals surface area contributed by atoms with Crippen molar-refractivity contribution in [1.82, 2.24) is 20.5 Å². The van der Waals surface area contributed by atoms with Crippen molar-refractivity contribution in [2.45, 2.75) is 18.9 Å². The van der Waals surface area contributed by atoms with Crippen LogP contribution in [-0.2, 0) is 0 Å². The highest BCUT2D eigenvalue weighted by Crippen LogP contribution is 2.22. The van der Waals surface area contributed by atoms with E-state index in [1.807, 2.05) is 23.2 Å². The molecule has 0 radical (unpaired) electrons. The van der Waals surface area contributed by atoms with Gasteiger partial charge in [0.2, 0.25) is 0 Å². The van der Waals surface area contributed by atoms with E-state index in [-0.39, 0.29) is 12.1 Å². The molecule has 0 saturated carbocycles. The monoisotopic (exact) mass is 260 g/mol. The van der Waals surface area contributed by atoms with Gasteiger partial charge in [0.25, 0.3) is 0 Å². The number of nitrogens with one attached hydrogen (secondary N) is 2. The van der Waals surface area contributed by atoms with Gasteiger partial charge in [0.05, 0.1) is 6.04 Å². The summed E-state index contributed by atoms with van der Waals surface area (Å²) in [5.41, 5.74) is 1.09. The third-order valence-electron chi connectivity index (χ3n) is 4.01. The molecule has 2 saturated heterocycles. The highest BCUT2D eigenvalue weighted by atomic mass is 16.2. The van der Waals surface area contributed by atoms with Crippen molar-refractivity contribution in [3.05, 3.63) is 30.1 Å². The topological polar surface area (TPSA) is 57.3 Å².